The number of carbonyl (C=O) groups is 1. The first-order valence-corrected chi connectivity index (χ1v) is 11.4. The summed E-state index contributed by atoms with van der Waals surface area (Å²) in [5.41, 5.74) is 4.37. The molecule has 0 radical (unpaired) electrons. The van der Waals surface area contributed by atoms with Crippen molar-refractivity contribution < 1.29 is 9.53 Å². The van der Waals surface area contributed by atoms with Crippen LogP contribution < -0.4 is 10.1 Å². The number of anilines is 1. The minimum absolute atomic E-state index is 0.131. The molecule has 1 heterocycles. The molecule has 0 unspecified atom stereocenters. The number of rotatable bonds is 5. The van der Waals surface area contributed by atoms with Gasteiger partial charge in [0, 0.05) is 5.92 Å². The Morgan fingerprint density at radius 1 is 1.12 bits per heavy atom. The number of carbonyl (C=O) groups excluding carboxylic acids is 1. The van der Waals surface area contributed by atoms with Gasteiger partial charge in [-0.25, -0.2) is 0 Å². The summed E-state index contributed by atoms with van der Waals surface area (Å²) in [6, 6.07) is 25.3. The van der Waals surface area contributed by atoms with Crippen molar-refractivity contribution in [3.63, 3.8) is 0 Å². The van der Waals surface area contributed by atoms with Gasteiger partial charge in [-0.05, 0) is 66.4 Å². The van der Waals surface area contributed by atoms with Crippen molar-refractivity contribution in [2.45, 2.75) is 19.3 Å². The second kappa shape index (κ2) is 8.49. The predicted octanol–water partition coefficient (Wildman–Crippen LogP) is 5.54. The summed E-state index contributed by atoms with van der Waals surface area (Å²) in [6.07, 6.45) is 0.549. The number of nitrogens with zero attached hydrogens (tertiary/aromatic N) is 3. The van der Waals surface area contributed by atoms with Gasteiger partial charge >= 0.3 is 0 Å². The molecule has 2 atom stereocenters. The third-order valence-electron chi connectivity index (χ3n) is 6.05. The van der Waals surface area contributed by atoms with Gasteiger partial charge in [0.15, 0.2) is 0 Å². The number of benzene rings is 3. The fourth-order valence-corrected chi connectivity index (χ4v) is 4.98. The number of para-hydroxylation sites is 1. The zero-order chi connectivity index (χ0) is 22.8. The molecule has 1 amide bonds. The SMILES string of the molecule is C[C@]1(C(=O)Nc2nncs2)Cc2ccc(C#N)cc2[C@H]1c1cccc(Oc2ccccc2)c1. The molecule has 3 aromatic carbocycles. The highest BCUT2D eigenvalue weighted by Gasteiger charge is 2.49. The summed E-state index contributed by atoms with van der Waals surface area (Å²) in [5, 5.41) is 20.7. The van der Waals surface area contributed by atoms with Crippen LogP contribution in [0.5, 0.6) is 11.5 Å². The molecule has 0 spiro atoms. The Balaban J connectivity index is 1.57. The van der Waals surface area contributed by atoms with Gasteiger partial charge in [0.05, 0.1) is 17.0 Å². The number of nitrogens with one attached hydrogen (secondary N) is 1. The van der Waals surface area contributed by atoms with Crippen LogP contribution in [0.4, 0.5) is 5.13 Å². The number of ether oxygens (including phenoxy) is 1. The molecule has 162 valence electrons. The Morgan fingerprint density at radius 3 is 2.70 bits per heavy atom. The average molecular weight is 453 g/mol. The van der Waals surface area contributed by atoms with Crippen LogP contribution >= 0.6 is 11.3 Å². The van der Waals surface area contributed by atoms with E-state index in [1.165, 1.54) is 11.3 Å². The Morgan fingerprint density at radius 2 is 1.94 bits per heavy atom. The Labute approximate surface area is 195 Å². The van der Waals surface area contributed by atoms with Gasteiger partial charge in [0.2, 0.25) is 11.0 Å². The number of amides is 1. The van der Waals surface area contributed by atoms with Gasteiger partial charge in [0.1, 0.15) is 17.0 Å². The van der Waals surface area contributed by atoms with Gasteiger partial charge < -0.3 is 10.1 Å². The minimum Gasteiger partial charge on any atom is -0.457 e. The summed E-state index contributed by atoms with van der Waals surface area (Å²) in [5.74, 6) is 1.04. The molecule has 6 nitrogen and oxygen atoms in total. The zero-order valence-corrected chi connectivity index (χ0v) is 18.7. The highest BCUT2D eigenvalue weighted by atomic mass is 32.1. The first-order chi connectivity index (χ1) is 16.1. The van der Waals surface area contributed by atoms with E-state index in [-0.39, 0.29) is 11.8 Å². The van der Waals surface area contributed by atoms with E-state index >= 15 is 0 Å². The van der Waals surface area contributed by atoms with E-state index in [4.69, 9.17) is 4.74 Å². The maximum atomic E-state index is 13.5. The first kappa shape index (κ1) is 20.9. The topological polar surface area (TPSA) is 87.9 Å². The van der Waals surface area contributed by atoms with Crippen LogP contribution in [0.15, 0.2) is 78.3 Å². The van der Waals surface area contributed by atoms with Crippen molar-refractivity contribution in [2.75, 3.05) is 5.32 Å². The monoisotopic (exact) mass is 452 g/mol. The van der Waals surface area contributed by atoms with E-state index in [1.54, 1.807) is 11.6 Å². The Kier molecular flexibility index (Phi) is 5.37. The van der Waals surface area contributed by atoms with E-state index in [9.17, 15) is 10.1 Å². The number of nitriles is 1. The van der Waals surface area contributed by atoms with Gasteiger partial charge in [-0.15, -0.1) is 10.2 Å². The number of aromatic nitrogens is 2. The molecule has 0 bridgehead atoms. The highest BCUT2D eigenvalue weighted by molar-refractivity contribution is 7.13. The van der Waals surface area contributed by atoms with Gasteiger partial charge in [-0.1, -0.05) is 47.7 Å². The molecule has 0 aliphatic heterocycles. The van der Waals surface area contributed by atoms with Crippen LogP contribution in [0.25, 0.3) is 0 Å². The van der Waals surface area contributed by atoms with Crippen molar-refractivity contribution in [3.8, 4) is 17.6 Å². The van der Waals surface area contributed by atoms with Crippen molar-refractivity contribution >= 4 is 22.4 Å². The lowest BCUT2D eigenvalue weighted by molar-refractivity contribution is -0.125. The molecule has 1 N–H and O–H groups in total. The molecular formula is C26H20N4O2S. The quantitative estimate of drug-likeness (QED) is 0.430. The predicted molar refractivity (Wildman–Crippen MR) is 126 cm³/mol. The smallest absolute Gasteiger partial charge is 0.233 e. The van der Waals surface area contributed by atoms with Crippen molar-refractivity contribution in [1.29, 1.82) is 5.26 Å². The van der Waals surface area contributed by atoms with Crippen LogP contribution in [0, 0.1) is 16.7 Å². The minimum atomic E-state index is -0.784. The third-order valence-corrected chi connectivity index (χ3v) is 6.66. The van der Waals surface area contributed by atoms with E-state index in [1.807, 2.05) is 73.7 Å². The molecule has 5 rings (SSSR count). The highest BCUT2D eigenvalue weighted by Crippen LogP contribution is 2.52. The van der Waals surface area contributed by atoms with Crippen molar-refractivity contribution in [2.24, 2.45) is 5.41 Å². The third kappa shape index (κ3) is 3.97. The van der Waals surface area contributed by atoms with Gasteiger partial charge in [-0.3, -0.25) is 4.79 Å². The summed E-state index contributed by atoms with van der Waals surface area (Å²) >= 11 is 1.28. The fourth-order valence-electron chi connectivity index (χ4n) is 4.54. The van der Waals surface area contributed by atoms with Gasteiger partial charge in [0.25, 0.3) is 0 Å². The molecule has 0 fully saturated rings. The van der Waals surface area contributed by atoms with Crippen molar-refractivity contribution in [3.05, 3.63) is 101 Å². The van der Waals surface area contributed by atoms with Crippen LogP contribution in [0.2, 0.25) is 0 Å². The van der Waals surface area contributed by atoms with E-state index in [0.29, 0.717) is 22.9 Å². The molecule has 4 aromatic rings. The number of hydrogen-bond acceptors (Lipinski definition) is 6. The van der Waals surface area contributed by atoms with E-state index in [0.717, 1.165) is 22.4 Å². The maximum absolute atomic E-state index is 13.5. The Bertz CT molecular complexity index is 1350. The second-order valence-corrected chi connectivity index (χ2v) is 9.07. The van der Waals surface area contributed by atoms with Crippen LogP contribution in [0.1, 0.15) is 35.1 Å². The maximum Gasteiger partial charge on any atom is 0.233 e. The van der Waals surface area contributed by atoms with Crippen LogP contribution in [0.3, 0.4) is 0 Å². The molecular weight excluding hydrogens is 432 g/mol. The first-order valence-electron chi connectivity index (χ1n) is 10.5. The number of hydrogen-bond donors (Lipinski definition) is 1. The molecule has 1 aliphatic rings. The summed E-state index contributed by atoms with van der Waals surface area (Å²) in [7, 11) is 0. The summed E-state index contributed by atoms with van der Waals surface area (Å²) in [4.78, 5) is 13.5. The second-order valence-electron chi connectivity index (χ2n) is 8.24. The molecule has 33 heavy (non-hydrogen) atoms. The molecule has 1 aromatic heterocycles. The lowest BCUT2D eigenvalue weighted by Crippen LogP contribution is -2.37. The standard InChI is InChI=1S/C26H20N4O2S/c1-26(24(31)29-25-30-28-16-33-25)14-19-11-10-17(15-27)12-22(19)23(26)18-6-5-9-21(13-18)32-20-7-3-2-4-8-20/h2-13,16,23H,14H2,1H3,(H,29,30,31)/t23-,26+/m1/s1. The summed E-state index contributed by atoms with van der Waals surface area (Å²) < 4.78 is 6.06. The largest absolute Gasteiger partial charge is 0.457 e. The molecule has 7 heteroatoms. The summed E-state index contributed by atoms with van der Waals surface area (Å²) in [6.45, 7) is 1.96. The zero-order valence-electron chi connectivity index (χ0n) is 17.9. The lowest BCUT2D eigenvalue weighted by atomic mass is 9.73. The van der Waals surface area contributed by atoms with E-state index in [2.05, 4.69) is 21.6 Å². The molecule has 0 saturated carbocycles. The molecule has 1 aliphatic carbocycles. The average Bonchev–Trinajstić information content (AvgIpc) is 3.45. The van der Waals surface area contributed by atoms with Crippen molar-refractivity contribution in [1.82, 2.24) is 10.2 Å². The fraction of sp³-hybridized carbons (Fsp3) is 0.154. The molecule has 0 saturated heterocycles. The van der Waals surface area contributed by atoms with Crippen LogP contribution in [-0.2, 0) is 11.2 Å². The van der Waals surface area contributed by atoms with E-state index < -0.39 is 5.41 Å². The van der Waals surface area contributed by atoms with Gasteiger partial charge in [-0.2, -0.15) is 5.26 Å². The van der Waals surface area contributed by atoms with Crippen LogP contribution in [-0.4, -0.2) is 16.1 Å². The normalized spacial score (nSPS) is 18.8. The number of fused-ring (bicyclic) bond motifs is 1. The lowest BCUT2D eigenvalue weighted by Gasteiger charge is -2.31. The Hall–Kier alpha value is -4.02.